The predicted octanol–water partition coefficient (Wildman–Crippen LogP) is 2.02. The minimum absolute atomic E-state index is 0.598. The van der Waals surface area contributed by atoms with E-state index in [0.717, 1.165) is 6.54 Å². The molecule has 0 aliphatic carbocycles. The monoisotopic (exact) mass is 174 g/mol. The van der Waals surface area contributed by atoms with Gasteiger partial charge in [0, 0.05) is 5.56 Å². The number of nitrogens with zero attached hydrogens (tertiary/aromatic N) is 2. The highest BCUT2D eigenvalue weighted by atomic mass is 15.3. The minimum Gasteiger partial charge on any atom is -0.759 e. The molecule has 0 bridgehead atoms. The third kappa shape index (κ3) is 3.24. The number of hydrogen-bond acceptors (Lipinski definition) is 0. The van der Waals surface area contributed by atoms with Crippen LogP contribution < -0.4 is 0 Å². The van der Waals surface area contributed by atoms with Crippen LogP contribution in [0.4, 0.5) is 0 Å². The molecule has 0 heterocycles. The normalized spacial score (nSPS) is 10.6. The van der Waals surface area contributed by atoms with Crippen molar-refractivity contribution in [2.45, 2.75) is 6.54 Å². The van der Waals surface area contributed by atoms with E-state index in [2.05, 4.69) is 18.0 Å². The lowest BCUT2D eigenvalue weighted by Gasteiger charge is -2.24. The molecule has 0 spiro atoms. The Hall–Kier alpha value is -1.37. The fraction of sp³-hybridized carbons (Fsp3) is 0.273. The van der Waals surface area contributed by atoms with Crippen LogP contribution in [0.3, 0.4) is 0 Å². The van der Waals surface area contributed by atoms with Crippen LogP contribution >= 0.6 is 0 Å². The van der Waals surface area contributed by atoms with Gasteiger partial charge in [-0.1, -0.05) is 30.3 Å². The van der Waals surface area contributed by atoms with E-state index in [0.29, 0.717) is 4.48 Å². The molecule has 68 valence electrons. The van der Waals surface area contributed by atoms with Gasteiger partial charge in [-0.05, 0) is 0 Å². The van der Waals surface area contributed by atoms with Crippen molar-refractivity contribution in [3.63, 3.8) is 0 Å². The van der Waals surface area contributed by atoms with Gasteiger partial charge in [0.2, 0.25) is 0 Å². The van der Waals surface area contributed by atoms with Crippen molar-refractivity contribution in [2.24, 2.45) is 0 Å². The summed E-state index contributed by atoms with van der Waals surface area (Å²) in [5.41, 5.74) is 1.25. The van der Waals surface area contributed by atoms with Crippen LogP contribution in [-0.4, -0.2) is 24.4 Å². The lowest BCUT2D eigenvalue weighted by atomic mass is 10.2. The van der Waals surface area contributed by atoms with Gasteiger partial charge in [0.15, 0.2) is 0 Å². The van der Waals surface area contributed by atoms with Crippen molar-refractivity contribution in [3.8, 4) is 0 Å². The Morgan fingerprint density at radius 3 is 2.46 bits per heavy atom. The van der Waals surface area contributed by atoms with Crippen molar-refractivity contribution in [3.05, 3.63) is 47.5 Å². The van der Waals surface area contributed by atoms with Crippen LogP contribution in [0.15, 0.2) is 36.5 Å². The van der Waals surface area contributed by atoms with E-state index in [-0.39, 0.29) is 0 Å². The van der Waals surface area contributed by atoms with Crippen LogP contribution in [0.25, 0.3) is 5.41 Å². The van der Waals surface area contributed by atoms with E-state index in [4.69, 9.17) is 5.41 Å². The van der Waals surface area contributed by atoms with Crippen LogP contribution in [0.1, 0.15) is 5.56 Å². The second-order valence-corrected chi connectivity index (χ2v) is 3.68. The van der Waals surface area contributed by atoms with Gasteiger partial charge in [-0.3, -0.25) is 4.48 Å². The second kappa shape index (κ2) is 4.04. The van der Waals surface area contributed by atoms with Crippen molar-refractivity contribution in [1.82, 2.24) is 0 Å². The molecule has 0 aliphatic heterocycles. The maximum absolute atomic E-state index is 8.56. The largest absolute Gasteiger partial charge is 0.759 e. The Morgan fingerprint density at radius 1 is 1.31 bits per heavy atom. The third-order valence-electron chi connectivity index (χ3n) is 1.84. The lowest BCUT2D eigenvalue weighted by Crippen LogP contribution is -2.32. The van der Waals surface area contributed by atoms with E-state index in [1.54, 1.807) is 6.20 Å². The summed E-state index contributed by atoms with van der Waals surface area (Å²) in [6.45, 7) is 0.856. The summed E-state index contributed by atoms with van der Waals surface area (Å²) >= 11 is 0. The van der Waals surface area contributed by atoms with Crippen LogP contribution in [0.5, 0.6) is 0 Å². The Bertz CT molecular complexity index is 308. The molecule has 0 fully saturated rings. The van der Waals surface area contributed by atoms with Crippen LogP contribution in [-0.2, 0) is 6.54 Å². The predicted molar refractivity (Wildman–Crippen MR) is 55.2 cm³/mol. The van der Waals surface area contributed by atoms with Gasteiger partial charge in [-0.15, -0.1) is 0 Å². The summed E-state index contributed by atoms with van der Waals surface area (Å²) in [5.74, 6) is 2.08. The van der Waals surface area contributed by atoms with Crippen molar-refractivity contribution < 1.29 is 4.48 Å². The molecule has 0 saturated heterocycles. The average Bonchev–Trinajstić information content (AvgIpc) is 2.04. The first-order valence-corrected chi connectivity index (χ1v) is 4.25. The van der Waals surface area contributed by atoms with Gasteiger partial charge in [0.25, 0.3) is 0 Å². The SMILES string of the molecule is C[N+](C)(C=C=[N-])Cc1ccccc1. The van der Waals surface area contributed by atoms with Crippen molar-refractivity contribution in [1.29, 1.82) is 0 Å². The molecule has 13 heavy (non-hydrogen) atoms. The molecule has 2 heteroatoms. The zero-order valence-corrected chi connectivity index (χ0v) is 8.07. The summed E-state index contributed by atoms with van der Waals surface area (Å²) in [7, 11) is 4.02. The maximum Gasteiger partial charge on any atom is 0.116 e. The summed E-state index contributed by atoms with van der Waals surface area (Å²) in [5, 5.41) is 8.56. The molecule has 0 N–H and O–H groups in total. The zero-order valence-electron chi connectivity index (χ0n) is 8.07. The van der Waals surface area contributed by atoms with Gasteiger partial charge in [0.1, 0.15) is 12.7 Å². The molecular weight excluding hydrogens is 160 g/mol. The molecule has 0 saturated carbocycles. The summed E-state index contributed by atoms with van der Waals surface area (Å²) in [6, 6.07) is 10.2. The van der Waals surface area contributed by atoms with Gasteiger partial charge in [-0.2, -0.15) is 0 Å². The highest BCUT2D eigenvalue weighted by Crippen LogP contribution is 2.08. The van der Waals surface area contributed by atoms with E-state index < -0.39 is 0 Å². The fourth-order valence-electron chi connectivity index (χ4n) is 1.26. The van der Waals surface area contributed by atoms with Gasteiger partial charge >= 0.3 is 0 Å². The average molecular weight is 174 g/mol. The van der Waals surface area contributed by atoms with Crippen molar-refractivity contribution in [2.75, 3.05) is 14.1 Å². The van der Waals surface area contributed by atoms with Gasteiger partial charge < -0.3 is 5.41 Å². The number of quaternary nitrogens is 1. The first-order chi connectivity index (χ1) is 6.14. The first-order valence-electron chi connectivity index (χ1n) is 4.25. The first kappa shape index (κ1) is 9.72. The number of benzene rings is 1. The lowest BCUT2D eigenvalue weighted by molar-refractivity contribution is -0.851. The molecule has 0 aliphatic rings. The molecule has 1 rings (SSSR count). The fourth-order valence-corrected chi connectivity index (χ4v) is 1.26. The summed E-state index contributed by atoms with van der Waals surface area (Å²) < 4.78 is 0.598. The highest BCUT2D eigenvalue weighted by Gasteiger charge is 2.10. The number of hydrogen-bond donors (Lipinski definition) is 0. The Kier molecular flexibility index (Phi) is 3.02. The Labute approximate surface area is 79.2 Å². The molecule has 2 nitrogen and oxygen atoms in total. The van der Waals surface area contributed by atoms with E-state index >= 15 is 0 Å². The second-order valence-electron chi connectivity index (χ2n) is 3.68. The summed E-state index contributed by atoms with van der Waals surface area (Å²) in [4.78, 5) is 0. The van der Waals surface area contributed by atoms with Crippen LogP contribution in [0.2, 0.25) is 0 Å². The minimum atomic E-state index is 0.598. The zero-order chi connectivity index (χ0) is 9.73. The van der Waals surface area contributed by atoms with Gasteiger partial charge in [0.05, 0.1) is 14.1 Å². The third-order valence-corrected chi connectivity index (χ3v) is 1.84. The topological polar surface area (TPSA) is 22.3 Å². The molecule has 1 aromatic rings. The van der Waals surface area contributed by atoms with E-state index in [1.165, 1.54) is 5.56 Å². The Balaban J connectivity index is 2.74. The molecule has 0 atom stereocenters. The summed E-state index contributed by atoms with van der Waals surface area (Å²) in [6.07, 6.45) is 1.63. The molecule has 0 amide bonds. The highest BCUT2D eigenvalue weighted by molar-refractivity contribution is 5.52. The molecule has 0 unspecified atom stereocenters. The van der Waals surface area contributed by atoms with E-state index in [9.17, 15) is 0 Å². The van der Waals surface area contributed by atoms with E-state index in [1.807, 2.05) is 32.3 Å². The molecular formula is C11H14N2. The molecule has 0 aromatic heterocycles. The molecule has 0 radical (unpaired) electrons. The smallest absolute Gasteiger partial charge is 0.116 e. The number of rotatable bonds is 3. The quantitative estimate of drug-likeness (QED) is 0.494. The van der Waals surface area contributed by atoms with Gasteiger partial charge in [-0.25, -0.2) is 5.87 Å². The van der Waals surface area contributed by atoms with Crippen LogP contribution in [0, 0.1) is 0 Å². The standard InChI is InChI=1S/C11H14N2/c1-13(2,9-8-12)10-11-6-4-3-5-7-11/h3-7,9H,10H2,1-2H3. The maximum atomic E-state index is 8.56. The molecule has 1 aromatic carbocycles. The Morgan fingerprint density at radius 2 is 1.92 bits per heavy atom. The van der Waals surface area contributed by atoms with Crippen molar-refractivity contribution >= 4 is 5.87 Å².